The Kier molecular flexibility index (Phi) is 5.02. The molecule has 1 saturated heterocycles. The van der Waals surface area contributed by atoms with Gasteiger partial charge in [-0.3, -0.25) is 14.9 Å². The molecule has 0 radical (unpaired) electrons. The number of anilines is 1. The van der Waals surface area contributed by atoms with Crippen LogP contribution in [0.2, 0.25) is 0 Å². The first-order chi connectivity index (χ1) is 12.9. The molecule has 1 N–H and O–H groups in total. The summed E-state index contributed by atoms with van der Waals surface area (Å²) in [7, 11) is 0. The molecule has 0 saturated carbocycles. The van der Waals surface area contributed by atoms with E-state index >= 15 is 0 Å². The summed E-state index contributed by atoms with van der Waals surface area (Å²) in [6.07, 6.45) is 0. The van der Waals surface area contributed by atoms with Crippen LogP contribution < -0.4 is 4.90 Å². The van der Waals surface area contributed by atoms with Crippen molar-refractivity contribution in [3.63, 3.8) is 0 Å². The third-order valence-corrected chi connectivity index (χ3v) is 4.43. The SMILES string of the molecule is O=C(O)c1cc([N+](=O)[O-])ccc1C(=O)N1CCN(c2ccc(F)cc2)CC1. The van der Waals surface area contributed by atoms with Crippen LogP contribution in [0, 0.1) is 15.9 Å². The Balaban J connectivity index is 1.75. The zero-order valence-corrected chi connectivity index (χ0v) is 14.2. The normalized spacial score (nSPS) is 14.1. The number of nitro groups is 1. The van der Waals surface area contributed by atoms with Gasteiger partial charge in [-0.1, -0.05) is 0 Å². The third kappa shape index (κ3) is 3.86. The second-order valence-electron chi connectivity index (χ2n) is 6.05. The molecular formula is C18H16FN3O5. The molecule has 0 unspecified atom stereocenters. The molecule has 0 spiro atoms. The number of benzene rings is 2. The molecule has 2 aromatic rings. The zero-order chi connectivity index (χ0) is 19.6. The molecule has 0 aromatic heterocycles. The summed E-state index contributed by atoms with van der Waals surface area (Å²) in [5.74, 6) is -2.21. The van der Waals surface area contributed by atoms with Gasteiger partial charge in [-0.15, -0.1) is 0 Å². The number of hydrogen-bond donors (Lipinski definition) is 1. The summed E-state index contributed by atoms with van der Waals surface area (Å²) >= 11 is 0. The van der Waals surface area contributed by atoms with Crippen molar-refractivity contribution in [2.75, 3.05) is 31.1 Å². The van der Waals surface area contributed by atoms with E-state index < -0.39 is 22.4 Å². The van der Waals surface area contributed by atoms with Crippen molar-refractivity contribution in [3.8, 4) is 0 Å². The summed E-state index contributed by atoms with van der Waals surface area (Å²) in [4.78, 5) is 37.8. The van der Waals surface area contributed by atoms with Gasteiger partial charge in [0.15, 0.2) is 0 Å². The van der Waals surface area contributed by atoms with E-state index in [-0.39, 0.29) is 17.1 Å². The minimum absolute atomic E-state index is 0.0802. The fourth-order valence-corrected chi connectivity index (χ4v) is 3.00. The van der Waals surface area contributed by atoms with Gasteiger partial charge in [0.05, 0.1) is 16.1 Å². The molecule has 1 fully saturated rings. The standard InChI is InChI=1S/C18H16FN3O5/c19-12-1-3-13(4-2-12)20-7-9-21(10-8-20)17(23)15-6-5-14(22(26)27)11-16(15)18(24)25/h1-6,11H,7-10H2,(H,24,25). The number of amides is 1. The van der Waals surface area contributed by atoms with Crippen LogP contribution in [0.1, 0.15) is 20.7 Å². The number of carboxylic acids is 1. The number of carbonyl (C=O) groups is 2. The molecule has 3 rings (SSSR count). The summed E-state index contributed by atoms with van der Waals surface area (Å²) in [6, 6.07) is 9.23. The maximum Gasteiger partial charge on any atom is 0.336 e. The van der Waals surface area contributed by atoms with Gasteiger partial charge < -0.3 is 14.9 Å². The molecule has 1 heterocycles. The maximum absolute atomic E-state index is 13.0. The number of piperazine rings is 1. The Morgan fingerprint density at radius 1 is 1.00 bits per heavy atom. The first kappa shape index (κ1) is 18.3. The highest BCUT2D eigenvalue weighted by Gasteiger charge is 2.27. The van der Waals surface area contributed by atoms with Crippen LogP contribution in [0.4, 0.5) is 15.8 Å². The van der Waals surface area contributed by atoms with Gasteiger partial charge in [-0.05, 0) is 30.3 Å². The molecule has 1 amide bonds. The third-order valence-electron chi connectivity index (χ3n) is 4.43. The lowest BCUT2D eigenvalue weighted by Gasteiger charge is -2.36. The highest BCUT2D eigenvalue weighted by molar-refractivity contribution is 6.05. The largest absolute Gasteiger partial charge is 0.478 e. The number of non-ortho nitro benzene ring substituents is 1. The molecule has 1 aliphatic rings. The van der Waals surface area contributed by atoms with Gasteiger partial charge >= 0.3 is 5.97 Å². The average Bonchev–Trinajstić information content (AvgIpc) is 2.67. The number of aromatic carboxylic acids is 1. The Hall–Kier alpha value is -3.49. The van der Waals surface area contributed by atoms with E-state index in [0.717, 1.165) is 17.8 Å². The predicted molar refractivity (Wildman–Crippen MR) is 94.6 cm³/mol. The van der Waals surface area contributed by atoms with E-state index in [9.17, 15) is 29.2 Å². The Bertz CT molecular complexity index is 892. The van der Waals surface area contributed by atoms with Gasteiger partial charge in [-0.2, -0.15) is 0 Å². The van der Waals surface area contributed by atoms with Crippen LogP contribution in [0.25, 0.3) is 0 Å². The smallest absolute Gasteiger partial charge is 0.336 e. The molecule has 1 aliphatic heterocycles. The fourth-order valence-electron chi connectivity index (χ4n) is 3.00. The highest BCUT2D eigenvalue weighted by Crippen LogP contribution is 2.22. The molecule has 9 heteroatoms. The lowest BCUT2D eigenvalue weighted by atomic mass is 10.0. The Labute approximate surface area is 153 Å². The first-order valence-electron chi connectivity index (χ1n) is 8.18. The average molecular weight is 373 g/mol. The number of hydrogen-bond acceptors (Lipinski definition) is 5. The summed E-state index contributed by atoms with van der Waals surface area (Å²) in [5, 5.41) is 20.1. The quantitative estimate of drug-likeness (QED) is 0.652. The van der Waals surface area contributed by atoms with E-state index in [1.54, 1.807) is 12.1 Å². The van der Waals surface area contributed by atoms with E-state index in [1.165, 1.54) is 23.1 Å². The fraction of sp³-hybridized carbons (Fsp3) is 0.222. The van der Waals surface area contributed by atoms with Crippen LogP contribution in [-0.2, 0) is 0 Å². The number of nitrogens with zero attached hydrogens (tertiary/aromatic N) is 3. The lowest BCUT2D eigenvalue weighted by molar-refractivity contribution is -0.384. The van der Waals surface area contributed by atoms with Crippen molar-refractivity contribution < 1.29 is 24.0 Å². The summed E-state index contributed by atoms with van der Waals surface area (Å²) in [5.41, 5.74) is -0.0198. The molecule has 140 valence electrons. The molecule has 2 aromatic carbocycles. The Morgan fingerprint density at radius 2 is 1.63 bits per heavy atom. The zero-order valence-electron chi connectivity index (χ0n) is 14.2. The number of nitro benzene ring substituents is 1. The molecular weight excluding hydrogens is 357 g/mol. The Morgan fingerprint density at radius 3 is 2.19 bits per heavy atom. The summed E-state index contributed by atoms with van der Waals surface area (Å²) in [6.45, 7) is 1.72. The van der Waals surface area contributed by atoms with E-state index in [0.29, 0.717) is 26.2 Å². The number of carbonyl (C=O) groups excluding carboxylic acids is 1. The number of carboxylic acid groups (broad SMARTS) is 1. The lowest BCUT2D eigenvalue weighted by Crippen LogP contribution is -2.49. The minimum atomic E-state index is -1.40. The van der Waals surface area contributed by atoms with Gasteiger partial charge in [0.2, 0.25) is 0 Å². The van der Waals surface area contributed by atoms with E-state index in [1.807, 2.05) is 4.90 Å². The van der Waals surface area contributed by atoms with Gasteiger partial charge in [0.1, 0.15) is 5.82 Å². The van der Waals surface area contributed by atoms with Gasteiger partial charge in [0.25, 0.3) is 11.6 Å². The maximum atomic E-state index is 13.0. The monoisotopic (exact) mass is 373 g/mol. The van der Waals surface area contributed by atoms with Crippen molar-refractivity contribution in [2.24, 2.45) is 0 Å². The van der Waals surface area contributed by atoms with Crippen LogP contribution in [-0.4, -0.2) is 53.0 Å². The summed E-state index contributed by atoms with van der Waals surface area (Å²) < 4.78 is 13.0. The van der Waals surface area contributed by atoms with Crippen molar-refractivity contribution in [1.29, 1.82) is 0 Å². The molecule has 27 heavy (non-hydrogen) atoms. The predicted octanol–water partition coefficient (Wildman–Crippen LogP) is 2.39. The van der Waals surface area contributed by atoms with Gasteiger partial charge in [0, 0.05) is 44.0 Å². The van der Waals surface area contributed by atoms with Gasteiger partial charge in [-0.25, -0.2) is 9.18 Å². The van der Waals surface area contributed by atoms with Crippen molar-refractivity contribution in [3.05, 3.63) is 69.5 Å². The van der Waals surface area contributed by atoms with Crippen LogP contribution in [0.15, 0.2) is 42.5 Å². The van der Waals surface area contributed by atoms with Crippen molar-refractivity contribution >= 4 is 23.3 Å². The molecule has 8 nitrogen and oxygen atoms in total. The number of halogens is 1. The molecule has 0 bridgehead atoms. The topological polar surface area (TPSA) is 104 Å². The second kappa shape index (κ2) is 7.40. The van der Waals surface area contributed by atoms with Crippen LogP contribution >= 0.6 is 0 Å². The first-order valence-corrected chi connectivity index (χ1v) is 8.18. The van der Waals surface area contributed by atoms with Crippen molar-refractivity contribution in [1.82, 2.24) is 4.90 Å². The van der Waals surface area contributed by atoms with Crippen molar-refractivity contribution in [2.45, 2.75) is 0 Å². The number of rotatable bonds is 4. The van der Waals surface area contributed by atoms with Crippen LogP contribution in [0.3, 0.4) is 0 Å². The molecule has 0 atom stereocenters. The van der Waals surface area contributed by atoms with E-state index in [4.69, 9.17) is 0 Å². The minimum Gasteiger partial charge on any atom is -0.478 e. The highest BCUT2D eigenvalue weighted by atomic mass is 19.1. The van der Waals surface area contributed by atoms with E-state index in [2.05, 4.69) is 0 Å². The second-order valence-corrected chi connectivity index (χ2v) is 6.05. The molecule has 0 aliphatic carbocycles. The van der Waals surface area contributed by atoms with Crippen LogP contribution in [0.5, 0.6) is 0 Å².